The molecule has 0 aromatic heterocycles. The zero-order chi connectivity index (χ0) is 22.2. The first kappa shape index (κ1) is 20.7. The molecular formula is C23H26O7. The Hall–Kier alpha value is -2.54. The first-order valence-corrected chi connectivity index (χ1v) is 10.2. The molecule has 1 spiro atoms. The van der Waals surface area contributed by atoms with E-state index in [1.165, 1.54) is 6.92 Å². The lowest BCUT2D eigenvalue weighted by Crippen LogP contribution is -2.61. The number of esters is 1. The first-order valence-electron chi connectivity index (χ1n) is 10.2. The molecule has 0 aromatic rings. The lowest BCUT2D eigenvalue weighted by Gasteiger charge is -2.54. The fraction of sp³-hybridized carbons (Fsp3) is 0.565. The number of carbonyl (C=O) groups is 4. The van der Waals surface area contributed by atoms with Crippen molar-refractivity contribution in [3.8, 4) is 0 Å². The van der Waals surface area contributed by atoms with Crippen LogP contribution in [-0.4, -0.2) is 47.4 Å². The highest BCUT2D eigenvalue weighted by Gasteiger charge is 2.72. The summed E-state index contributed by atoms with van der Waals surface area (Å²) < 4.78 is 10.6. The number of rotatable bonds is 3. The number of aliphatic hydroxyl groups is 1. The predicted molar refractivity (Wildman–Crippen MR) is 105 cm³/mol. The van der Waals surface area contributed by atoms with Gasteiger partial charge < -0.3 is 14.6 Å². The number of ether oxygens (including phenoxy) is 2. The average molecular weight is 414 g/mol. The third-order valence-corrected chi connectivity index (χ3v) is 7.71. The zero-order valence-corrected chi connectivity index (χ0v) is 17.4. The molecule has 0 heterocycles. The Bertz CT molecular complexity index is 943. The van der Waals surface area contributed by atoms with Gasteiger partial charge in [-0.3, -0.25) is 19.2 Å². The average Bonchev–Trinajstić information content (AvgIpc) is 3.34. The third kappa shape index (κ3) is 2.41. The molecule has 4 rings (SSSR count). The Morgan fingerprint density at radius 2 is 1.93 bits per heavy atom. The smallest absolute Gasteiger partial charge is 0.303 e. The molecule has 0 radical (unpaired) electrons. The molecule has 0 aromatic carbocycles. The minimum absolute atomic E-state index is 0.0476. The van der Waals surface area contributed by atoms with Crippen LogP contribution in [0, 0.1) is 22.7 Å². The van der Waals surface area contributed by atoms with Gasteiger partial charge in [-0.15, -0.1) is 0 Å². The van der Waals surface area contributed by atoms with Crippen molar-refractivity contribution in [2.75, 3.05) is 0 Å². The van der Waals surface area contributed by atoms with Crippen molar-refractivity contribution in [2.24, 2.45) is 22.7 Å². The normalized spacial score (nSPS) is 42.6. The monoisotopic (exact) mass is 414 g/mol. The highest BCUT2D eigenvalue weighted by Crippen LogP contribution is 2.65. The predicted octanol–water partition coefficient (Wildman–Crippen LogP) is 1.84. The van der Waals surface area contributed by atoms with Gasteiger partial charge in [0.15, 0.2) is 18.0 Å². The van der Waals surface area contributed by atoms with Crippen molar-refractivity contribution < 1.29 is 33.8 Å². The Kier molecular flexibility index (Phi) is 4.47. The summed E-state index contributed by atoms with van der Waals surface area (Å²) in [5.74, 6) is -2.28. The quantitative estimate of drug-likeness (QED) is 0.555. The minimum atomic E-state index is -1.28. The van der Waals surface area contributed by atoms with Crippen molar-refractivity contribution >= 4 is 24.0 Å². The number of fused-ring (bicyclic) bond motifs is 2. The van der Waals surface area contributed by atoms with Gasteiger partial charge >= 0.3 is 5.97 Å². The van der Waals surface area contributed by atoms with Crippen LogP contribution in [-0.2, 0) is 28.7 Å². The van der Waals surface area contributed by atoms with Gasteiger partial charge in [-0.2, -0.15) is 0 Å². The number of hydrogen-bond donors (Lipinski definition) is 1. The number of carbonyl (C=O) groups excluding carboxylic acids is 4. The molecule has 7 nitrogen and oxygen atoms in total. The second-order valence-corrected chi connectivity index (χ2v) is 9.28. The molecule has 0 bridgehead atoms. The van der Waals surface area contributed by atoms with Gasteiger partial charge in [0.05, 0.1) is 5.41 Å². The third-order valence-electron chi connectivity index (χ3n) is 7.71. The van der Waals surface area contributed by atoms with E-state index in [0.717, 1.165) is 5.57 Å². The number of aliphatic hydroxyl groups excluding tert-OH is 1. The van der Waals surface area contributed by atoms with Crippen LogP contribution >= 0.6 is 0 Å². The number of hydrogen-bond acceptors (Lipinski definition) is 7. The zero-order valence-electron chi connectivity index (χ0n) is 17.4. The van der Waals surface area contributed by atoms with Gasteiger partial charge in [-0.05, 0) is 30.8 Å². The summed E-state index contributed by atoms with van der Waals surface area (Å²) in [7, 11) is 0. The van der Waals surface area contributed by atoms with Crippen LogP contribution in [0.1, 0.15) is 40.0 Å². The van der Waals surface area contributed by atoms with Gasteiger partial charge in [0, 0.05) is 29.4 Å². The van der Waals surface area contributed by atoms with E-state index < -0.39 is 46.8 Å². The van der Waals surface area contributed by atoms with Crippen LogP contribution in [0.3, 0.4) is 0 Å². The number of Topliss-reactive ketones (excluding diaryl/α,β-unsaturated/α-hetero) is 2. The van der Waals surface area contributed by atoms with Gasteiger partial charge in [-0.25, -0.2) is 0 Å². The van der Waals surface area contributed by atoms with Crippen molar-refractivity contribution in [1.82, 2.24) is 0 Å². The Labute approximate surface area is 174 Å². The molecule has 1 N–H and O–H groups in total. The van der Waals surface area contributed by atoms with Crippen LogP contribution < -0.4 is 0 Å². The molecule has 4 aliphatic carbocycles. The second kappa shape index (κ2) is 6.48. The standard InChI is InChI=1S/C23H26O7/c1-10-6-7-22(5)15(12(10)3)17(26)19(29-9-24)14-16(22)18(27)21(30-13(4)25)23(20(14)28)8-11(23)2/h9,11,15,17,19,21,26H,1,3,6-8H2,2,4-5H3. The van der Waals surface area contributed by atoms with Crippen molar-refractivity contribution in [1.29, 1.82) is 0 Å². The maximum absolute atomic E-state index is 13.8. The highest BCUT2D eigenvalue weighted by atomic mass is 16.6. The van der Waals surface area contributed by atoms with Crippen LogP contribution in [0.5, 0.6) is 0 Å². The maximum atomic E-state index is 13.8. The maximum Gasteiger partial charge on any atom is 0.303 e. The Morgan fingerprint density at radius 1 is 1.30 bits per heavy atom. The van der Waals surface area contributed by atoms with Gasteiger partial charge in [0.1, 0.15) is 6.10 Å². The van der Waals surface area contributed by atoms with Gasteiger partial charge in [-0.1, -0.05) is 32.6 Å². The summed E-state index contributed by atoms with van der Waals surface area (Å²) in [6, 6.07) is 0. The Morgan fingerprint density at radius 3 is 2.47 bits per heavy atom. The molecule has 2 fully saturated rings. The van der Waals surface area contributed by atoms with E-state index in [9.17, 15) is 24.3 Å². The molecule has 0 amide bonds. The van der Waals surface area contributed by atoms with Crippen LogP contribution in [0.4, 0.5) is 0 Å². The summed E-state index contributed by atoms with van der Waals surface area (Å²) in [5, 5.41) is 11.2. The first-order chi connectivity index (χ1) is 14.0. The molecule has 0 aliphatic heterocycles. The van der Waals surface area contributed by atoms with Gasteiger partial charge in [0.2, 0.25) is 5.78 Å². The van der Waals surface area contributed by atoms with E-state index in [2.05, 4.69) is 13.2 Å². The molecule has 4 aliphatic rings. The van der Waals surface area contributed by atoms with Crippen LogP contribution in [0.15, 0.2) is 35.5 Å². The van der Waals surface area contributed by atoms with E-state index in [0.29, 0.717) is 24.8 Å². The summed E-state index contributed by atoms with van der Waals surface area (Å²) in [6.07, 6.45) is -2.32. The van der Waals surface area contributed by atoms with Crippen molar-refractivity contribution in [3.63, 3.8) is 0 Å². The molecule has 160 valence electrons. The molecule has 0 saturated heterocycles. The fourth-order valence-electron chi connectivity index (χ4n) is 6.04. The number of ketones is 2. The molecule has 7 unspecified atom stereocenters. The molecule has 30 heavy (non-hydrogen) atoms. The van der Waals surface area contributed by atoms with E-state index in [1.54, 1.807) is 0 Å². The van der Waals surface area contributed by atoms with Crippen LogP contribution in [0.2, 0.25) is 0 Å². The molecule has 2 saturated carbocycles. The topological polar surface area (TPSA) is 107 Å². The minimum Gasteiger partial charge on any atom is -0.457 e. The largest absolute Gasteiger partial charge is 0.457 e. The summed E-state index contributed by atoms with van der Waals surface area (Å²) >= 11 is 0. The Balaban J connectivity index is 1.97. The second-order valence-electron chi connectivity index (χ2n) is 9.28. The summed E-state index contributed by atoms with van der Waals surface area (Å²) in [5.41, 5.74) is -0.508. The van der Waals surface area contributed by atoms with E-state index in [1.807, 2.05) is 13.8 Å². The van der Waals surface area contributed by atoms with Crippen molar-refractivity contribution in [2.45, 2.75) is 58.3 Å². The summed E-state index contributed by atoms with van der Waals surface area (Å²) in [6.45, 7) is 13.1. The van der Waals surface area contributed by atoms with Crippen molar-refractivity contribution in [3.05, 3.63) is 35.5 Å². The fourth-order valence-corrected chi connectivity index (χ4v) is 6.04. The number of allylic oxidation sites excluding steroid dienone is 1. The molecular weight excluding hydrogens is 388 g/mol. The molecule has 7 atom stereocenters. The lowest BCUT2D eigenvalue weighted by atomic mass is 9.50. The van der Waals surface area contributed by atoms with Crippen LogP contribution in [0.25, 0.3) is 0 Å². The van der Waals surface area contributed by atoms with E-state index in [4.69, 9.17) is 9.47 Å². The highest BCUT2D eigenvalue weighted by molar-refractivity contribution is 6.20. The van der Waals surface area contributed by atoms with E-state index in [-0.39, 0.29) is 29.3 Å². The lowest BCUT2D eigenvalue weighted by molar-refractivity contribution is -0.163. The van der Waals surface area contributed by atoms with E-state index >= 15 is 0 Å². The summed E-state index contributed by atoms with van der Waals surface area (Å²) in [4.78, 5) is 50.6. The molecule has 7 heteroatoms. The SMILES string of the molecule is C=C1CCC2(C)C3=C(C(=O)C4(CC4C)C(OC(C)=O)C3=O)C(OC=O)C(O)C2C1=C. The van der Waals surface area contributed by atoms with Gasteiger partial charge in [0.25, 0.3) is 6.47 Å².